The number of aliphatic carboxylic acids is 1. The second-order valence-electron chi connectivity index (χ2n) is 7.93. The summed E-state index contributed by atoms with van der Waals surface area (Å²) in [6.07, 6.45) is 3.44. The number of rotatable bonds is 5. The van der Waals surface area contributed by atoms with Crippen molar-refractivity contribution in [3.8, 4) is 0 Å². The molecule has 1 saturated heterocycles. The van der Waals surface area contributed by atoms with Gasteiger partial charge in [0, 0.05) is 19.0 Å². The highest BCUT2D eigenvalue weighted by molar-refractivity contribution is 5.78. The fraction of sp³-hybridized carbons (Fsp3) is 0.619. The zero-order valence-electron chi connectivity index (χ0n) is 15.9. The van der Waals surface area contributed by atoms with Gasteiger partial charge in [0.1, 0.15) is 0 Å². The van der Waals surface area contributed by atoms with Gasteiger partial charge in [0.25, 0.3) is 0 Å². The molecule has 0 radical (unpaired) electrons. The first-order valence-electron chi connectivity index (χ1n) is 9.78. The average molecular weight is 358 g/mol. The molecular formula is C21H30N2O3. The van der Waals surface area contributed by atoms with Gasteiger partial charge in [-0.3, -0.25) is 9.59 Å². The molecule has 0 bridgehead atoms. The lowest BCUT2D eigenvalue weighted by atomic mass is 9.88. The minimum Gasteiger partial charge on any atom is -0.481 e. The predicted octanol–water partition coefficient (Wildman–Crippen LogP) is 3.10. The number of likely N-dealkylation sites (tertiary alicyclic amines) is 1. The van der Waals surface area contributed by atoms with Crippen molar-refractivity contribution in [1.29, 1.82) is 0 Å². The molecule has 1 atom stereocenters. The third kappa shape index (κ3) is 4.26. The maximum absolute atomic E-state index is 13.0. The van der Waals surface area contributed by atoms with Gasteiger partial charge >= 0.3 is 5.97 Å². The largest absolute Gasteiger partial charge is 0.481 e. The van der Waals surface area contributed by atoms with E-state index >= 15 is 0 Å². The summed E-state index contributed by atoms with van der Waals surface area (Å²) in [4.78, 5) is 28.7. The standard InChI is InChI=1S/C21H30N2O3/c1-15(2)22-10-7-16(8-11-22)13-20(24)23-12-9-17-5-3-4-6-18(17)19(23)14-21(25)26/h3-6,15-16,19H,7-14H2,1-2H3,(H,25,26). The third-order valence-electron chi connectivity index (χ3n) is 5.94. The van der Waals surface area contributed by atoms with Crippen molar-refractivity contribution < 1.29 is 14.7 Å². The van der Waals surface area contributed by atoms with E-state index < -0.39 is 5.97 Å². The minimum atomic E-state index is -0.852. The van der Waals surface area contributed by atoms with Gasteiger partial charge in [-0.25, -0.2) is 0 Å². The third-order valence-corrected chi connectivity index (χ3v) is 5.94. The average Bonchev–Trinajstić information content (AvgIpc) is 2.62. The Morgan fingerprint density at radius 1 is 1.12 bits per heavy atom. The van der Waals surface area contributed by atoms with Crippen LogP contribution in [0.3, 0.4) is 0 Å². The Morgan fingerprint density at radius 3 is 2.46 bits per heavy atom. The molecule has 5 nitrogen and oxygen atoms in total. The highest BCUT2D eigenvalue weighted by Crippen LogP contribution is 2.34. The summed E-state index contributed by atoms with van der Waals surface area (Å²) in [6, 6.07) is 8.17. The van der Waals surface area contributed by atoms with Crippen LogP contribution in [0.1, 0.15) is 56.7 Å². The van der Waals surface area contributed by atoms with Crippen molar-refractivity contribution in [2.45, 2.75) is 58.0 Å². The zero-order chi connectivity index (χ0) is 18.7. The molecule has 1 fully saturated rings. The van der Waals surface area contributed by atoms with Crippen molar-refractivity contribution in [2.75, 3.05) is 19.6 Å². The quantitative estimate of drug-likeness (QED) is 0.879. The van der Waals surface area contributed by atoms with Crippen LogP contribution in [0.2, 0.25) is 0 Å². The fourth-order valence-electron chi connectivity index (χ4n) is 4.37. The molecule has 2 aliphatic heterocycles. The molecule has 1 aromatic carbocycles. The summed E-state index contributed by atoms with van der Waals surface area (Å²) in [6.45, 7) is 7.16. The summed E-state index contributed by atoms with van der Waals surface area (Å²) in [5.41, 5.74) is 2.18. The number of carbonyl (C=O) groups excluding carboxylic acids is 1. The van der Waals surface area contributed by atoms with Crippen LogP contribution in [-0.4, -0.2) is 52.5 Å². The van der Waals surface area contributed by atoms with Crippen molar-refractivity contribution in [1.82, 2.24) is 9.80 Å². The lowest BCUT2D eigenvalue weighted by Gasteiger charge is -2.39. The summed E-state index contributed by atoms with van der Waals surface area (Å²) < 4.78 is 0. The summed E-state index contributed by atoms with van der Waals surface area (Å²) >= 11 is 0. The molecule has 2 aliphatic rings. The Labute approximate surface area is 156 Å². The number of fused-ring (bicyclic) bond motifs is 1. The van der Waals surface area contributed by atoms with Crippen molar-refractivity contribution >= 4 is 11.9 Å². The summed E-state index contributed by atoms with van der Waals surface area (Å²) in [5.74, 6) is -0.316. The molecule has 5 heteroatoms. The number of carbonyl (C=O) groups is 2. The first-order chi connectivity index (χ1) is 12.5. The van der Waals surface area contributed by atoms with E-state index in [1.807, 2.05) is 29.2 Å². The van der Waals surface area contributed by atoms with Crippen LogP contribution >= 0.6 is 0 Å². The van der Waals surface area contributed by atoms with E-state index in [1.54, 1.807) is 0 Å². The maximum Gasteiger partial charge on any atom is 0.305 e. The Morgan fingerprint density at radius 2 is 1.81 bits per heavy atom. The molecular weight excluding hydrogens is 328 g/mol. The van der Waals surface area contributed by atoms with Crippen molar-refractivity contribution in [3.05, 3.63) is 35.4 Å². The van der Waals surface area contributed by atoms with Gasteiger partial charge in [0.05, 0.1) is 12.5 Å². The molecule has 1 unspecified atom stereocenters. The lowest BCUT2D eigenvalue weighted by molar-refractivity contribution is -0.142. The van der Waals surface area contributed by atoms with E-state index in [1.165, 1.54) is 5.56 Å². The monoisotopic (exact) mass is 358 g/mol. The van der Waals surface area contributed by atoms with Crippen LogP contribution in [0.5, 0.6) is 0 Å². The van der Waals surface area contributed by atoms with Crippen LogP contribution < -0.4 is 0 Å². The van der Waals surface area contributed by atoms with Crippen LogP contribution in [0.4, 0.5) is 0 Å². The molecule has 0 aliphatic carbocycles. The highest BCUT2D eigenvalue weighted by atomic mass is 16.4. The van der Waals surface area contributed by atoms with E-state index in [4.69, 9.17) is 0 Å². The van der Waals surface area contributed by atoms with Gasteiger partial charge in [0.15, 0.2) is 0 Å². The first-order valence-corrected chi connectivity index (χ1v) is 9.78. The normalized spacial score (nSPS) is 21.7. The van der Waals surface area contributed by atoms with E-state index in [-0.39, 0.29) is 18.4 Å². The summed E-state index contributed by atoms with van der Waals surface area (Å²) in [5, 5.41) is 9.35. The molecule has 2 heterocycles. The molecule has 3 rings (SSSR count). The topological polar surface area (TPSA) is 60.9 Å². The number of piperidine rings is 1. The predicted molar refractivity (Wildman–Crippen MR) is 101 cm³/mol. The lowest BCUT2D eigenvalue weighted by Crippen LogP contribution is -2.43. The first kappa shape index (κ1) is 18.9. The fourth-order valence-corrected chi connectivity index (χ4v) is 4.37. The Balaban J connectivity index is 1.67. The molecule has 0 saturated carbocycles. The van der Waals surface area contributed by atoms with E-state index in [2.05, 4.69) is 18.7 Å². The zero-order valence-corrected chi connectivity index (χ0v) is 15.9. The van der Waals surface area contributed by atoms with Crippen molar-refractivity contribution in [2.24, 2.45) is 5.92 Å². The molecule has 1 amide bonds. The molecule has 1 aromatic rings. The van der Waals surface area contributed by atoms with Gasteiger partial charge in [-0.05, 0) is 63.2 Å². The number of carboxylic acid groups (broad SMARTS) is 1. The Kier molecular flexibility index (Phi) is 5.97. The smallest absolute Gasteiger partial charge is 0.305 e. The van der Waals surface area contributed by atoms with E-state index in [0.29, 0.717) is 24.9 Å². The highest BCUT2D eigenvalue weighted by Gasteiger charge is 2.33. The van der Waals surface area contributed by atoms with Gasteiger partial charge in [-0.15, -0.1) is 0 Å². The van der Waals surface area contributed by atoms with Crippen LogP contribution in [0.15, 0.2) is 24.3 Å². The Bertz CT molecular complexity index is 650. The van der Waals surface area contributed by atoms with Crippen LogP contribution in [-0.2, 0) is 16.0 Å². The number of hydrogen-bond donors (Lipinski definition) is 1. The van der Waals surface area contributed by atoms with Gasteiger partial charge < -0.3 is 14.9 Å². The van der Waals surface area contributed by atoms with Crippen LogP contribution in [0.25, 0.3) is 0 Å². The number of amides is 1. The summed E-state index contributed by atoms with van der Waals surface area (Å²) in [7, 11) is 0. The van der Waals surface area contributed by atoms with Gasteiger partial charge in [-0.1, -0.05) is 24.3 Å². The number of carboxylic acids is 1. The number of benzene rings is 1. The van der Waals surface area contributed by atoms with E-state index in [9.17, 15) is 14.7 Å². The number of nitrogens with zero attached hydrogens (tertiary/aromatic N) is 2. The second kappa shape index (κ2) is 8.21. The second-order valence-corrected chi connectivity index (χ2v) is 7.93. The molecule has 1 N–H and O–H groups in total. The minimum absolute atomic E-state index is 0.0193. The molecule has 0 spiro atoms. The molecule has 26 heavy (non-hydrogen) atoms. The van der Waals surface area contributed by atoms with E-state index in [0.717, 1.165) is 37.9 Å². The Hall–Kier alpha value is -1.88. The van der Waals surface area contributed by atoms with Gasteiger partial charge in [-0.2, -0.15) is 0 Å². The van der Waals surface area contributed by atoms with Crippen LogP contribution in [0, 0.1) is 5.92 Å². The van der Waals surface area contributed by atoms with Gasteiger partial charge in [0.2, 0.25) is 5.91 Å². The molecule has 0 aromatic heterocycles. The maximum atomic E-state index is 13.0. The van der Waals surface area contributed by atoms with Crippen molar-refractivity contribution in [3.63, 3.8) is 0 Å². The molecule has 142 valence electrons. The number of hydrogen-bond acceptors (Lipinski definition) is 3. The SMILES string of the molecule is CC(C)N1CCC(CC(=O)N2CCc3ccccc3C2CC(=O)O)CC1.